The molecule has 0 radical (unpaired) electrons. The fraction of sp³-hybridized carbons (Fsp3) is 0.0769. The van der Waals surface area contributed by atoms with Crippen molar-refractivity contribution in [1.82, 2.24) is 0 Å². The van der Waals surface area contributed by atoms with Crippen molar-refractivity contribution >= 4 is 60.3 Å². The Bertz CT molecular complexity index is 960. The molecule has 30 heavy (non-hydrogen) atoms. The molecule has 0 saturated carbocycles. The molecular weight excluding hydrogens is 445 g/mol. The summed E-state index contributed by atoms with van der Waals surface area (Å²) in [6.07, 6.45) is 0.689. The fourth-order valence-electron chi connectivity index (χ4n) is 3.49. The van der Waals surface area contributed by atoms with Crippen LogP contribution in [0.25, 0.3) is 0 Å². The minimum absolute atomic E-state index is 0.689. The molecule has 4 aromatic rings. The number of halogens is 2. The molecule has 0 amide bonds. The van der Waals surface area contributed by atoms with Crippen molar-refractivity contribution in [1.29, 1.82) is 0 Å². The third kappa shape index (κ3) is 5.14. The molecular formula is C26H22Cl2P2. The second-order valence-corrected chi connectivity index (χ2v) is 13.6. The third-order valence-electron chi connectivity index (χ3n) is 4.84. The SMILES string of the molecule is ClC(Cl)(CP(c1ccccc1)c1ccccc1)P(c1ccccc1)c1ccccc1. The molecule has 0 fully saturated rings. The topological polar surface area (TPSA) is 0 Å². The molecule has 4 rings (SSSR count). The van der Waals surface area contributed by atoms with Gasteiger partial charge in [0.2, 0.25) is 0 Å². The van der Waals surface area contributed by atoms with Gasteiger partial charge >= 0.3 is 0 Å². The predicted molar refractivity (Wildman–Crippen MR) is 137 cm³/mol. The lowest BCUT2D eigenvalue weighted by Gasteiger charge is -2.34. The first-order valence-corrected chi connectivity index (χ1v) is 13.4. The number of hydrogen-bond donors (Lipinski definition) is 0. The normalized spacial score (nSPS) is 11.7. The van der Waals surface area contributed by atoms with E-state index in [1.54, 1.807) is 0 Å². The van der Waals surface area contributed by atoms with Crippen LogP contribution in [0.15, 0.2) is 121 Å². The first-order chi connectivity index (χ1) is 14.6. The molecule has 150 valence electrons. The van der Waals surface area contributed by atoms with Crippen LogP contribution in [0.5, 0.6) is 0 Å². The third-order valence-corrected chi connectivity index (χ3v) is 11.8. The molecule has 0 unspecified atom stereocenters. The van der Waals surface area contributed by atoms with E-state index in [-0.39, 0.29) is 0 Å². The maximum absolute atomic E-state index is 7.28. The molecule has 4 heteroatoms. The van der Waals surface area contributed by atoms with Crippen LogP contribution in [-0.2, 0) is 0 Å². The van der Waals surface area contributed by atoms with Gasteiger partial charge in [0, 0.05) is 6.16 Å². The van der Waals surface area contributed by atoms with E-state index in [0.717, 1.165) is 0 Å². The molecule has 0 heterocycles. The van der Waals surface area contributed by atoms with Crippen LogP contribution in [0.3, 0.4) is 0 Å². The summed E-state index contributed by atoms with van der Waals surface area (Å²) in [6.45, 7) is 0. The summed E-state index contributed by atoms with van der Waals surface area (Å²) < 4.78 is -0.907. The first kappa shape index (κ1) is 21.5. The lowest BCUT2D eigenvalue weighted by Crippen LogP contribution is -2.30. The Kier molecular flexibility index (Phi) is 7.24. The average Bonchev–Trinajstić information content (AvgIpc) is 2.80. The van der Waals surface area contributed by atoms with Crippen LogP contribution in [-0.4, -0.2) is 10.2 Å². The summed E-state index contributed by atoms with van der Waals surface area (Å²) in [5.41, 5.74) is 0. The van der Waals surface area contributed by atoms with E-state index in [9.17, 15) is 0 Å². The van der Waals surface area contributed by atoms with E-state index in [0.29, 0.717) is 6.16 Å². The van der Waals surface area contributed by atoms with E-state index < -0.39 is 19.9 Å². The molecule has 0 N–H and O–H groups in total. The molecule has 0 aliphatic rings. The monoisotopic (exact) mass is 466 g/mol. The highest BCUT2D eigenvalue weighted by Crippen LogP contribution is 2.58. The summed E-state index contributed by atoms with van der Waals surface area (Å²) in [6, 6.07) is 42.1. The highest BCUT2D eigenvalue weighted by molar-refractivity contribution is 7.80. The maximum Gasteiger partial charge on any atom is 0.149 e. The Morgan fingerprint density at radius 1 is 0.467 bits per heavy atom. The molecule has 0 saturated heterocycles. The van der Waals surface area contributed by atoms with Gasteiger partial charge in [-0.3, -0.25) is 0 Å². The summed E-state index contributed by atoms with van der Waals surface area (Å²) in [5.74, 6) is 0. The summed E-state index contributed by atoms with van der Waals surface area (Å²) in [7, 11) is -1.66. The summed E-state index contributed by atoms with van der Waals surface area (Å²) in [4.78, 5) is 0. The minimum Gasteiger partial charge on any atom is -0.0954 e. The van der Waals surface area contributed by atoms with Gasteiger partial charge in [0.15, 0.2) is 0 Å². The highest BCUT2D eigenvalue weighted by atomic mass is 35.5. The van der Waals surface area contributed by atoms with Gasteiger partial charge in [0.25, 0.3) is 0 Å². The van der Waals surface area contributed by atoms with E-state index >= 15 is 0 Å². The van der Waals surface area contributed by atoms with Crippen LogP contribution in [0, 0.1) is 0 Å². The van der Waals surface area contributed by atoms with Gasteiger partial charge in [-0.15, -0.1) is 0 Å². The molecule has 0 bridgehead atoms. The number of alkyl halides is 2. The molecule has 0 atom stereocenters. The zero-order valence-corrected chi connectivity index (χ0v) is 19.7. The number of hydrogen-bond acceptors (Lipinski definition) is 0. The van der Waals surface area contributed by atoms with Crippen LogP contribution in [0.2, 0.25) is 0 Å². The van der Waals surface area contributed by atoms with Crippen molar-refractivity contribution < 1.29 is 0 Å². The standard InChI is InChI=1S/C26H22Cl2P2/c27-26(28,30(24-17-9-3-10-18-24)25-19-11-4-12-20-25)21-29(22-13-5-1-6-14-22)23-15-7-2-8-16-23/h1-20H,21H2. The van der Waals surface area contributed by atoms with Crippen molar-refractivity contribution in [3.63, 3.8) is 0 Å². The van der Waals surface area contributed by atoms with E-state index in [1.807, 2.05) is 12.1 Å². The first-order valence-electron chi connectivity index (χ1n) is 9.81. The Labute approximate surface area is 191 Å². The second-order valence-electron chi connectivity index (χ2n) is 6.93. The van der Waals surface area contributed by atoms with Crippen LogP contribution >= 0.6 is 39.0 Å². The summed E-state index contributed by atoms with van der Waals surface area (Å²) >= 11 is 14.6. The van der Waals surface area contributed by atoms with Crippen molar-refractivity contribution in [3.8, 4) is 0 Å². The Morgan fingerprint density at radius 3 is 1.10 bits per heavy atom. The molecule has 0 spiro atoms. The maximum atomic E-state index is 7.28. The van der Waals surface area contributed by atoms with Gasteiger partial charge in [-0.05, 0) is 37.1 Å². The van der Waals surface area contributed by atoms with Gasteiger partial charge in [-0.25, -0.2) is 0 Å². The van der Waals surface area contributed by atoms with E-state index in [4.69, 9.17) is 23.2 Å². The minimum atomic E-state index is -0.960. The van der Waals surface area contributed by atoms with E-state index in [1.165, 1.54) is 21.2 Å². The number of benzene rings is 4. The van der Waals surface area contributed by atoms with Crippen molar-refractivity contribution in [2.45, 2.75) is 4.07 Å². The molecule has 0 aliphatic heterocycles. The van der Waals surface area contributed by atoms with Gasteiger partial charge in [0.1, 0.15) is 4.07 Å². The van der Waals surface area contributed by atoms with Crippen LogP contribution < -0.4 is 21.2 Å². The lowest BCUT2D eigenvalue weighted by molar-refractivity contribution is 1.28. The molecule has 4 aromatic carbocycles. The smallest absolute Gasteiger partial charge is 0.0954 e. The lowest BCUT2D eigenvalue weighted by atomic mass is 10.4. The highest BCUT2D eigenvalue weighted by Gasteiger charge is 2.39. The van der Waals surface area contributed by atoms with Crippen molar-refractivity contribution in [2.75, 3.05) is 6.16 Å². The fourth-order valence-corrected chi connectivity index (χ4v) is 10.5. The van der Waals surface area contributed by atoms with Gasteiger partial charge in [-0.1, -0.05) is 145 Å². The van der Waals surface area contributed by atoms with Crippen molar-refractivity contribution in [3.05, 3.63) is 121 Å². The van der Waals surface area contributed by atoms with Gasteiger partial charge in [0.05, 0.1) is 0 Å². The van der Waals surface area contributed by atoms with Gasteiger partial charge < -0.3 is 0 Å². The van der Waals surface area contributed by atoms with Gasteiger partial charge in [-0.2, -0.15) is 0 Å². The Morgan fingerprint density at radius 2 is 0.767 bits per heavy atom. The van der Waals surface area contributed by atoms with Crippen molar-refractivity contribution in [2.24, 2.45) is 0 Å². The molecule has 0 nitrogen and oxygen atoms in total. The van der Waals surface area contributed by atoms with Crippen LogP contribution in [0.1, 0.15) is 0 Å². The largest absolute Gasteiger partial charge is 0.149 e. The van der Waals surface area contributed by atoms with Crippen LogP contribution in [0.4, 0.5) is 0 Å². The molecule has 0 aromatic heterocycles. The molecule has 0 aliphatic carbocycles. The summed E-state index contributed by atoms with van der Waals surface area (Å²) in [5, 5.41) is 4.97. The zero-order chi connectivity index (χ0) is 20.8. The quantitative estimate of drug-likeness (QED) is 0.219. The number of rotatable bonds is 7. The predicted octanol–water partition coefficient (Wildman–Crippen LogP) is 6.38. The Hall–Kier alpha value is -1.68. The average molecular weight is 467 g/mol. The second kappa shape index (κ2) is 10.1. The zero-order valence-electron chi connectivity index (χ0n) is 16.4. The van der Waals surface area contributed by atoms with E-state index in [2.05, 4.69) is 109 Å². The Balaban J connectivity index is 1.77.